The molecule has 15 heavy (non-hydrogen) atoms. The van der Waals surface area contributed by atoms with Gasteiger partial charge >= 0.3 is 0 Å². The first-order valence-corrected chi connectivity index (χ1v) is 4.94. The summed E-state index contributed by atoms with van der Waals surface area (Å²) < 4.78 is 5.29. The van der Waals surface area contributed by atoms with Crippen LogP contribution < -0.4 is 10.1 Å². The van der Waals surface area contributed by atoms with Crippen molar-refractivity contribution in [2.24, 2.45) is 5.16 Å². The quantitative estimate of drug-likeness (QED) is 0.569. The van der Waals surface area contributed by atoms with E-state index < -0.39 is 0 Å². The molecule has 0 saturated heterocycles. The number of aromatic nitrogens is 1. The number of rotatable bonds is 2. The Morgan fingerprint density at radius 3 is 3.20 bits per heavy atom. The Labute approximate surface area is 87.8 Å². The van der Waals surface area contributed by atoms with Crippen molar-refractivity contribution >= 4 is 11.5 Å². The second-order valence-electron chi connectivity index (χ2n) is 3.20. The molecule has 2 rings (SSSR count). The summed E-state index contributed by atoms with van der Waals surface area (Å²) in [6.07, 6.45) is 0.708. The topological polar surface area (TPSA) is 66.7 Å². The molecule has 0 bridgehead atoms. The van der Waals surface area contributed by atoms with Crippen molar-refractivity contribution in [2.45, 2.75) is 13.3 Å². The van der Waals surface area contributed by atoms with Crippen molar-refractivity contribution in [2.75, 3.05) is 18.5 Å². The fourth-order valence-corrected chi connectivity index (χ4v) is 1.57. The number of nitrogens with zero attached hydrogens (tertiary/aromatic N) is 2. The molecule has 0 fully saturated rings. The zero-order valence-electron chi connectivity index (χ0n) is 8.53. The number of fused-ring (bicyclic) bond motifs is 1. The highest BCUT2D eigenvalue weighted by Crippen LogP contribution is 2.23. The summed E-state index contributed by atoms with van der Waals surface area (Å²) in [6.45, 7) is 3.23. The molecule has 5 nitrogen and oxygen atoms in total. The number of hydrogen-bond acceptors (Lipinski definition) is 5. The summed E-state index contributed by atoms with van der Waals surface area (Å²) in [5, 5.41) is 15.2. The van der Waals surface area contributed by atoms with E-state index in [-0.39, 0.29) is 0 Å². The molecule has 0 spiro atoms. The van der Waals surface area contributed by atoms with Gasteiger partial charge in [0.1, 0.15) is 5.82 Å². The van der Waals surface area contributed by atoms with Crippen LogP contribution in [0.25, 0.3) is 0 Å². The smallest absolute Gasteiger partial charge is 0.215 e. The van der Waals surface area contributed by atoms with Gasteiger partial charge in [-0.15, -0.1) is 0 Å². The highest BCUT2D eigenvalue weighted by molar-refractivity contribution is 6.05. The molecule has 2 N–H and O–H groups in total. The maximum Gasteiger partial charge on any atom is 0.215 e. The zero-order valence-corrected chi connectivity index (χ0v) is 8.53. The summed E-state index contributed by atoms with van der Waals surface area (Å²) in [7, 11) is 0. The van der Waals surface area contributed by atoms with E-state index in [1.807, 2.05) is 13.0 Å². The molecule has 80 valence electrons. The van der Waals surface area contributed by atoms with Crippen molar-refractivity contribution in [1.82, 2.24) is 4.98 Å². The second kappa shape index (κ2) is 4.16. The third-order valence-electron chi connectivity index (χ3n) is 2.25. The third-order valence-corrected chi connectivity index (χ3v) is 2.25. The van der Waals surface area contributed by atoms with Gasteiger partial charge in [-0.25, -0.2) is 0 Å². The van der Waals surface area contributed by atoms with Gasteiger partial charge < -0.3 is 15.3 Å². The van der Waals surface area contributed by atoms with E-state index in [0.717, 1.165) is 17.9 Å². The first-order chi connectivity index (χ1) is 7.35. The van der Waals surface area contributed by atoms with E-state index in [1.54, 1.807) is 6.07 Å². The van der Waals surface area contributed by atoms with E-state index in [4.69, 9.17) is 9.94 Å². The van der Waals surface area contributed by atoms with Crippen molar-refractivity contribution in [3.8, 4) is 5.88 Å². The Kier molecular flexibility index (Phi) is 2.71. The van der Waals surface area contributed by atoms with Gasteiger partial charge in [0, 0.05) is 24.6 Å². The predicted octanol–water partition coefficient (Wildman–Crippen LogP) is 1.47. The molecule has 0 amide bonds. The standard InChI is InChI=1S/C10H13N3O2/c1-2-15-9-4-3-7-8(13-14)5-6-11-10(7)12-9/h3-4,14H,2,5-6H2,1H3,(H,11,12). The molecule has 1 aliphatic rings. The number of pyridine rings is 1. The SMILES string of the molecule is CCOc1ccc2c(n1)NCCC2=NO. The molecule has 1 aromatic heterocycles. The molecule has 0 aliphatic carbocycles. The van der Waals surface area contributed by atoms with Crippen molar-refractivity contribution in [1.29, 1.82) is 0 Å². The molecule has 0 atom stereocenters. The van der Waals surface area contributed by atoms with E-state index in [2.05, 4.69) is 15.5 Å². The van der Waals surface area contributed by atoms with Crippen LogP contribution in [0.1, 0.15) is 18.9 Å². The molecule has 0 aromatic carbocycles. The Morgan fingerprint density at radius 1 is 1.60 bits per heavy atom. The fraction of sp³-hybridized carbons (Fsp3) is 0.400. The molecule has 5 heteroatoms. The largest absolute Gasteiger partial charge is 0.478 e. The summed E-state index contributed by atoms with van der Waals surface area (Å²) in [4.78, 5) is 4.28. The lowest BCUT2D eigenvalue weighted by Gasteiger charge is -2.18. The monoisotopic (exact) mass is 207 g/mol. The first-order valence-electron chi connectivity index (χ1n) is 4.94. The number of nitrogens with one attached hydrogen (secondary N) is 1. The van der Waals surface area contributed by atoms with Crippen LogP contribution in [0.2, 0.25) is 0 Å². The lowest BCUT2D eigenvalue weighted by molar-refractivity contribution is 0.317. The van der Waals surface area contributed by atoms with Crippen LogP contribution in [0.3, 0.4) is 0 Å². The lowest BCUT2D eigenvalue weighted by Crippen LogP contribution is -2.20. The summed E-state index contributed by atoms with van der Waals surface area (Å²) in [6, 6.07) is 3.63. The molecular formula is C10H13N3O2. The molecule has 1 aliphatic heterocycles. The van der Waals surface area contributed by atoms with Gasteiger partial charge in [-0.1, -0.05) is 5.16 Å². The average molecular weight is 207 g/mol. The molecule has 0 saturated carbocycles. The molecule has 2 heterocycles. The Balaban J connectivity index is 2.36. The minimum absolute atomic E-state index is 0.586. The van der Waals surface area contributed by atoms with Gasteiger partial charge in [-0.2, -0.15) is 4.98 Å². The minimum Gasteiger partial charge on any atom is -0.478 e. The molecule has 0 radical (unpaired) electrons. The van der Waals surface area contributed by atoms with Crippen LogP contribution in [0.4, 0.5) is 5.82 Å². The van der Waals surface area contributed by atoms with E-state index in [1.165, 1.54) is 0 Å². The Hall–Kier alpha value is -1.78. The number of anilines is 1. The van der Waals surface area contributed by atoms with Gasteiger partial charge in [-0.05, 0) is 13.0 Å². The van der Waals surface area contributed by atoms with Crippen molar-refractivity contribution in [3.63, 3.8) is 0 Å². The lowest BCUT2D eigenvalue weighted by atomic mass is 10.1. The number of ether oxygens (including phenoxy) is 1. The summed E-state index contributed by atoms with van der Waals surface area (Å²) in [5.41, 5.74) is 1.51. The molecule has 1 aromatic rings. The van der Waals surface area contributed by atoms with Gasteiger partial charge in [-0.3, -0.25) is 0 Å². The van der Waals surface area contributed by atoms with Gasteiger partial charge in [0.25, 0.3) is 0 Å². The van der Waals surface area contributed by atoms with Crippen LogP contribution in [0.15, 0.2) is 17.3 Å². The van der Waals surface area contributed by atoms with Crippen LogP contribution in [-0.4, -0.2) is 29.1 Å². The van der Waals surface area contributed by atoms with Gasteiger partial charge in [0.15, 0.2) is 0 Å². The highest BCUT2D eigenvalue weighted by atomic mass is 16.5. The Morgan fingerprint density at radius 2 is 2.47 bits per heavy atom. The second-order valence-corrected chi connectivity index (χ2v) is 3.20. The highest BCUT2D eigenvalue weighted by Gasteiger charge is 2.17. The predicted molar refractivity (Wildman–Crippen MR) is 56.8 cm³/mol. The van der Waals surface area contributed by atoms with E-state index in [9.17, 15) is 0 Å². The Bertz CT molecular complexity index is 390. The van der Waals surface area contributed by atoms with Crippen molar-refractivity contribution < 1.29 is 9.94 Å². The van der Waals surface area contributed by atoms with Gasteiger partial charge in [0.05, 0.1) is 12.3 Å². The van der Waals surface area contributed by atoms with Gasteiger partial charge in [0.2, 0.25) is 5.88 Å². The van der Waals surface area contributed by atoms with E-state index >= 15 is 0 Å². The normalized spacial score (nSPS) is 17.0. The summed E-state index contributed by atoms with van der Waals surface area (Å²) in [5.74, 6) is 1.31. The third kappa shape index (κ3) is 1.86. The number of oxime groups is 1. The molecular weight excluding hydrogens is 194 g/mol. The maximum absolute atomic E-state index is 8.81. The van der Waals surface area contributed by atoms with Crippen LogP contribution in [0, 0.1) is 0 Å². The summed E-state index contributed by atoms with van der Waals surface area (Å²) >= 11 is 0. The maximum atomic E-state index is 8.81. The van der Waals surface area contributed by atoms with Crippen molar-refractivity contribution in [3.05, 3.63) is 17.7 Å². The van der Waals surface area contributed by atoms with Crippen LogP contribution >= 0.6 is 0 Å². The zero-order chi connectivity index (χ0) is 10.7. The van der Waals surface area contributed by atoms with Crippen LogP contribution in [-0.2, 0) is 0 Å². The van der Waals surface area contributed by atoms with E-state index in [0.29, 0.717) is 24.6 Å². The molecule has 0 unspecified atom stereocenters. The average Bonchev–Trinajstić information content (AvgIpc) is 2.28. The fourth-order valence-electron chi connectivity index (χ4n) is 1.57. The van der Waals surface area contributed by atoms with Crippen LogP contribution in [0.5, 0.6) is 5.88 Å². The first kappa shape index (κ1) is 9.76. The minimum atomic E-state index is 0.586. The number of hydrogen-bond donors (Lipinski definition) is 2.